The Bertz CT molecular complexity index is 550. The molecule has 1 aromatic carbocycles. The predicted molar refractivity (Wildman–Crippen MR) is 71.0 cm³/mol. The van der Waals surface area contributed by atoms with Crippen LogP contribution >= 0.6 is 0 Å². The van der Waals surface area contributed by atoms with Gasteiger partial charge in [0.05, 0.1) is 18.1 Å². The summed E-state index contributed by atoms with van der Waals surface area (Å²) in [4.78, 5) is 21.9. The molecule has 1 unspecified atom stereocenters. The van der Waals surface area contributed by atoms with Crippen molar-refractivity contribution in [3.63, 3.8) is 0 Å². The van der Waals surface area contributed by atoms with Gasteiger partial charge in [0.2, 0.25) is 0 Å². The van der Waals surface area contributed by atoms with Gasteiger partial charge < -0.3 is 15.2 Å². The summed E-state index contributed by atoms with van der Waals surface area (Å²) in [5, 5.41) is 22.3. The molecular formula is C13H14N2O5. The minimum Gasteiger partial charge on any atom is -0.474 e. The molecule has 0 aliphatic carbocycles. The summed E-state index contributed by atoms with van der Waals surface area (Å²) in [6.07, 6.45) is 4.08. The first-order valence-corrected chi connectivity index (χ1v) is 5.75. The Balaban J connectivity index is 2.89. The Kier molecular flexibility index (Phi) is 5.50. The number of carbonyl (C=O) groups is 1. The van der Waals surface area contributed by atoms with Crippen molar-refractivity contribution >= 4 is 11.6 Å². The monoisotopic (exact) mass is 278 g/mol. The zero-order chi connectivity index (χ0) is 15.1. The third-order valence-electron chi connectivity index (χ3n) is 2.44. The molecule has 106 valence electrons. The minimum absolute atomic E-state index is 0.0458. The van der Waals surface area contributed by atoms with Crippen LogP contribution in [0, 0.1) is 22.5 Å². The van der Waals surface area contributed by atoms with Crippen molar-refractivity contribution < 1.29 is 19.6 Å². The largest absolute Gasteiger partial charge is 0.474 e. The van der Waals surface area contributed by atoms with Crippen molar-refractivity contribution in [1.82, 2.24) is 5.32 Å². The van der Waals surface area contributed by atoms with Crippen LogP contribution < -0.4 is 10.1 Å². The number of carbonyl (C=O) groups excluding carboxylic acids is 1. The zero-order valence-corrected chi connectivity index (χ0v) is 10.8. The average Bonchev–Trinajstić information content (AvgIpc) is 2.44. The summed E-state index contributed by atoms with van der Waals surface area (Å²) < 4.78 is 5.26. The van der Waals surface area contributed by atoms with Crippen molar-refractivity contribution in [2.75, 3.05) is 6.54 Å². The Morgan fingerprint density at radius 3 is 2.90 bits per heavy atom. The fourth-order valence-corrected chi connectivity index (χ4v) is 1.43. The van der Waals surface area contributed by atoms with Crippen LogP contribution in [0.1, 0.15) is 12.5 Å². The highest BCUT2D eigenvalue weighted by atomic mass is 16.6. The number of hydrogen-bond donors (Lipinski definition) is 2. The van der Waals surface area contributed by atoms with Gasteiger partial charge in [-0.15, -0.1) is 6.42 Å². The number of benzene rings is 1. The first-order chi connectivity index (χ1) is 9.49. The van der Waals surface area contributed by atoms with Gasteiger partial charge in [0.25, 0.3) is 5.91 Å². The van der Waals surface area contributed by atoms with E-state index in [1.165, 1.54) is 25.1 Å². The topological polar surface area (TPSA) is 102 Å². The minimum atomic E-state index is -0.929. The SMILES string of the molecule is C#CCNC(=O)C(C)Oc1ccc(CO)cc1[N+](=O)[O-]. The van der Waals surface area contributed by atoms with Crippen LogP contribution in [0.5, 0.6) is 5.75 Å². The molecule has 1 rings (SSSR count). The van der Waals surface area contributed by atoms with Gasteiger partial charge in [-0.1, -0.05) is 12.0 Å². The number of rotatable bonds is 6. The fraction of sp³-hybridized carbons (Fsp3) is 0.308. The smallest absolute Gasteiger partial charge is 0.311 e. The molecule has 0 radical (unpaired) electrons. The molecule has 0 saturated heterocycles. The summed E-state index contributed by atoms with van der Waals surface area (Å²) >= 11 is 0. The number of aliphatic hydroxyl groups is 1. The second-order valence-electron chi connectivity index (χ2n) is 3.90. The van der Waals surface area contributed by atoms with Crippen molar-refractivity contribution in [2.24, 2.45) is 0 Å². The molecule has 0 aliphatic rings. The highest BCUT2D eigenvalue weighted by Crippen LogP contribution is 2.28. The Morgan fingerprint density at radius 2 is 2.35 bits per heavy atom. The number of hydrogen-bond acceptors (Lipinski definition) is 5. The number of ether oxygens (including phenoxy) is 1. The quantitative estimate of drug-likeness (QED) is 0.451. The van der Waals surface area contributed by atoms with Gasteiger partial charge >= 0.3 is 5.69 Å². The van der Waals surface area contributed by atoms with E-state index >= 15 is 0 Å². The third-order valence-corrected chi connectivity index (χ3v) is 2.44. The molecule has 0 aliphatic heterocycles. The average molecular weight is 278 g/mol. The lowest BCUT2D eigenvalue weighted by Gasteiger charge is -2.14. The lowest BCUT2D eigenvalue weighted by atomic mass is 10.2. The molecule has 0 spiro atoms. The second kappa shape index (κ2) is 7.11. The normalized spacial score (nSPS) is 11.2. The number of nitrogens with zero attached hydrogens (tertiary/aromatic N) is 1. The van der Waals surface area contributed by atoms with Crippen LogP contribution in [0.15, 0.2) is 18.2 Å². The predicted octanol–water partition coefficient (Wildman–Crippen LogP) is 0.604. The molecule has 20 heavy (non-hydrogen) atoms. The highest BCUT2D eigenvalue weighted by Gasteiger charge is 2.21. The molecule has 0 fully saturated rings. The van der Waals surface area contributed by atoms with Crippen LogP contribution in [0.3, 0.4) is 0 Å². The molecule has 0 heterocycles. The Morgan fingerprint density at radius 1 is 1.65 bits per heavy atom. The molecule has 1 aromatic rings. The first kappa shape index (κ1) is 15.5. The number of nitro groups is 1. The molecular weight excluding hydrogens is 264 g/mol. The molecule has 0 saturated carbocycles. The standard InChI is InChI=1S/C13H14N2O5/c1-3-6-14-13(17)9(2)20-12-5-4-10(8-16)7-11(12)15(18)19/h1,4-5,7,9,16H,6,8H2,2H3,(H,14,17). The van der Waals surface area contributed by atoms with Crippen LogP contribution in [0.2, 0.25) is 0 Å². The van der Waals surface area contributed by atoms with Gasteiger partial charge in [-0.3, -0.25) is 14.9 Å². The first-order valence-electron chi connectivity index (χ1n) is 5.75. The van der Waals surface area contributed by atoms with E-state index in [4.69, 9.17) is 16.3 Å². The van der Waals surface area contributed by atoms with E-state index in [2.05, 4.69) is 11.2 Å². The number of nitrogens with one attached hydrogen (secondary N) is 1. The zero-order valence-electron chi connectivity index (χ0n) is 10.8. The molecule has 1 amide bonds. The lowest BCUT2D eigenvalue weighted by Crippen LogP contribution is -2.36. The summed E-state index contributed by atoms with van der Waals surface area (Å²) in [7, 11) is 0. The van der Waals surface area contributed by atoms with Gasteiger partial charge in [-0.05, 0) is 18.6 Å². The fourth-order valence-electron chi connectivity index (χ4n) is 1.43. The second-order valence-corrected chi connectivity index (χ2v) is 3.90. The van der Waals surface area contributed by atoms with Crippen molar-refractivity contribution in [1.29, 1.82) is 0 Å². The van der Waals surface area contributed by atoms with Crippen LogP contribution in [-0.4, -0.2) is 28.6 Å². The van der Waals surface area contributed by atoms with E-state index < -0.39 is 16.9 Å². The highest BCUT2D eigenvalue weighted by molar-refractivity contribution is 5.81. The number of nitro benzene ring substituents is 1. The summed E-state index contributed by atoms with van der Waals surface area (Å²) in [5.74, 6) is 1.72. The molecule has 0 bridgehead atoms. The molecule has 1 atom stereocenters. The van der Waals surface area contributed by atoms with Crippen LogP contribution in [0.25, 0.3) is 0 Å². The van der Waals surface area contributed by atoms with Crippen molar-refractivity contribution in [3.8, 4) is 18.1 Å². The maximum absolute atomic E-state index is 11.6. The van der Waals surface area contributed by atoms with E-state index in [-0.39, 0.29) is 24.6 Å². The van der Waals surface area contributed by atoms with Gasteiger partial charge in [0, 0.05) is 6.07 Å². The van der Waals surface area contributed by atoms with Gasteiger partial charge in [0.15, 0.2) is 11.9 Å². The maximum atomic E-state index is 11.6. The number of amides is 1. The van der Waals surface area contributed by atoms with E-state index in [0.29, 0.717) is 5.56 Å². The summed E-state index contributed by atoms with van der Waals surface area (Å²) in [6, 6.07) is 4.02. The van der Waals surface area contributed by atoms with Gasteiger partial charge in [0.1, 0.15) is 0 Å². The third kappa shape index (κ3) is 3.96. The molecule has 0 aromatic heterocycles. The number of aliphatic hydroxyl groups excluding tert-OH is 1. The van der Waals surface area contributed by atoms with Crippen LogP contribution in [-0.2, 0) is 11.4 Å². The van der Waals surface area contributed by atoms with E-state index in [1.807, 2.05) is 0 Å². The molecule has 2 N–H and O–H groups in total. The van der Waals surface area contributed by atoms with E-state index in [0.717, 1.165) is 0 Å². The van der Waals surface area contributed by atoms with Crippen LogP contribution in [0.4, 0.5) is 5.69 Å². The van der Waals surface area contributed by atoms with Gasteiger partial charge in [-0.2, -0.15) is 0 Å². The van der Waals surface area contributed by atoms with Gasteiger partial charge in [-0.25, -0.2) is 0 Å². The summed E-state index contributed by atoms with van der Waals surface area (Å²) in [5.41, 5.74) is 0.0710. The maximum Gasteiger partial charge on any atom is 0.311 e. The molecule has 7 heteroatoms. The lowest BCUT2D eigenvalue weighted by molar-refractivity contribution is -0.386. The van der Waals surface area contributed by atoms with Crippen molar-refractivity contribution in [2.45, 2.75) is 19.6 Å². The Labute approximate surface area is 115 Å². The van der Waals surface area contributed by atoms with E-state index in [9.17, 15) is 14.9 Å². The Hall–Kier alpha value is -2.59. The number of terminal acetylenes is 1. The molecule has 7 nitrogen and oxygen atoms in total. The van der Waals surface area contributed by atoms with E-state index in [1.54, 1.807) is 0 Å². The van der Waals surface area contributed by atoms with Crippen molar-refractivity contribution in [3.05, 3.63) is 33.9 Å². The summed E-state index contributed by atoms with van der Waals surface area (Å²) in [6.45, 7) is 1.19.